The van der Waals surface area contributed by atoms with Crippen LogP contribution in [-0.4, -0.2) is 0 Å². The predicted molar refractivity (Wildman–Crippen MR) is 83.7 cm³/mol. The number of hydrogen-bond donors (Lipinski definition) is 0. The fourth-order valence-electron chi connectivity index (χ4n) is 2.43. The van der Waals surface area contributed by atoms with Crippen molar-refractivity contribution in [2.75, 3.05) is 0 Å². The van der Waals surface area contributed by atoms with Crippen molar-refractivity contribution in [1.82, 2.24) is 0 Å². The van der Waals surface area contributed by atoms with Crippen molar-refractivity contribution in [3.05, 3.63) is 71.3 Å². The van der Waals surface area contributed by atoms with Gasteiger partial charge in [0.1, 0.15) is 0 Å². The van der Waals surface area contributed by atoms with E-state index in [1.165, 1.54) is 5.56 Å². The summed E-state index contributed by atoms with van der Waals surface area (Å²) in [5.41, 5.74) is 3.03. The third kappa shape index (κ3) is 3.30. The lowest BCUT2D eigenvalue weighted by molar-refractivity contribution is 0.759. The molecule has 0 aliphatic rings. The van der Waals surface area contributed by atoms with Crippen LogP contribution in [0.2, 0.25) is 0 Å². The highest BCUT2D eigenvalue weighted by molar-refractivity contribution is 5.38. The van der Waals surface area contributed by atoms with E-state index < -0.39 is 11.8 Å². The molecule has 2 nitrogen and oxygen atoms in total. The first-order chi connectivity index (χ1) is 10.2. The molecular weight excluding hydrogens is 256 g/mol. The molecule has 2 heteroatoms. The van der Waals surface area contributed by atoms with E-state index in [0.717, 1.165) is 11.1 Å². The van der Waals surface area contributed by atoms with Crippen LogP contribution in [0, 0.1) is 22.7 Å². The Morgan fingerprint density at radius 3 is 1.52 bits per heavy atom. The van der Waals surface area contributed by atoms with Gasteiger partial charge in [-0.15, -0.1) is 0 Å². The monoisotopic (exact) mass is 274 g/mol. The number of benzene rings is 2. The second-order valence-electron chi connectivity index (χ2n) is 5.45. The number of nitrogens with zero attached hydrogens (tertiary/aromatic N) is 2. The van der Waals surface area contributed by atoms with Crippen LogP contribution in [0.15, 0.2) is 54.6 Å². The zero-order valence-electron chi connectivity index (χ0n) is 12.3. The van der Waals surface area contributed by atoms with Crippen molar-refractivity contribution in [2.45, 2.75) is 31.6 Å². The van der Waals surface area contributed by atoms with E-state index in [-0.39, 0.29) is 0 Å². The molecule has 0 saturated carbocycles. The van der Waals surface area contributed by atoms with E-state index in [2.05, 4.69) is 26.0 Å². The predicted octanol–water partition coefficient (Wildman–Crippen LogP) is 4.72. The summed E-state index contributed by atoms with van der Waals surface area (Å²) in [5, 5.41) is 19.0. The summed E-state index contributed by atoms with van der Waals surface area (Å²) >= 11 is 0. The van der Waals surface area contributed by atoms with Crippen LogP contribution >= 0.6 is 0 Å². The second-order valence-corrected chi connectivity index (χ2v) is 5.45. The molecule has 0 aromatic heterocycles. The Bertz CT molecular complexity index is 657. The molecule has 0 amide bonds. The van der Waals surface area contributed by atoms with Gasteiger partial charge in [-0.3, -0.25) is 0 Å². The smallest absolute Gasteiger partial charge is 0.0911 e. The normalized spacial score (nSPS) is 13.2. The molecule has 104 valence electrons. The second kappa shape index (κ2) is 6.73. The van der Waals surface area contributed by atoms with Crippen LogP contribution in [0.3, 0.4) is 0 Å². The van der Waals surface area contributed by atoms with Gasteiger partial charge in [-0.05, 0) is 22.6 Å². The van der Waals surface area contributed by atoms with Crippen LogP contribution < -0.4 is 0 Å². The van der Waals surface area contributed by atoms with Crippen molar-refractivity contribution in [2.24, 2.45) is 0 Å². The Morgan fingerprint density at radius 1 is 0.667 bits per heavy atom. The van der Waals surface area contributed by atoms with Gasteiger partial charge in [0.2, 0.25) is 0 Å². The zero-order chi connectivity index (χ0) is 15.2. The van der Waals surface area contributed by atoms with Crippen LogP contribution in [0.1, 0.15) is 48.3 Å². The number of hydrogen-bond acceptors (Lipinski definition) is 2. The molecule has 2 aromatic rings. The van der Waals surface area contributed by atoms with Crippen LogP contribution in [0.25, 0.3) is 0 Å². The minimum Gasteiger partial charge on any atom is -0.198 e. The summed E-state index contributed by atoms with van der Waals surface area (Å²) in [5.74, 6) is -0.430. The fourth-order valence-corrected chi connectivity index (χ4v) is 2.43. The highest BCUT2D eigenvalue weighted by Crippen LogP contribution is 2.32. The van der Waals surface area contributed by atoms with Gasteiger partial charge in [0.15, 0.2) is 0 Å². The van der Waals surface area contributed by atoms with Gasteiger partial charge in [0, 0.05) is 0 Å². The van der Waals surface area contributed by atoms with Gasteiger partial charge in [0.05, 0.1) is 24.0 Å². The molecule has 0 N–H and O–H groups in total. The van der Waals surface area contributed by atoms with Crippen molar-refractivity contribution in [1.29, 1.82) is 10.5 Å². The first kappa shape index (κ1) is 14.8. The molecular formula is C19H18N2. The van der Waals surface area contributed by atoms with E-state index in [4.69, 9.17) is 0 Å². The van der Waals surface area contributed by atoms with Crippen molar-refractivity contribution < 1.29 is 0 Å². The van der Waals surface area contributed by atoms with Gasteiger partial charge < -0.3 is 0 Å². The standard InChI is InChI=1S/C19H18N2/c1-14(2)15-8-10-17(11-9-15)19(13-21)18(12-20)16-6-4-3-5-7-16/h3-11,14,18-19H,1-2H3/t18-,19+/m0/s1. The SMILES string of the molecule is CC(C)c1ccc([C@@H](C#N)[C@@H](C#N)c2ccccc2)cc1. The molecule has 0 saturated heterocycles. The molecule has 0 radical (unpaired) electrons. The molecule has 0 heterocycles. The van der Waals surface area contributed by atoms with E-state index in [1.54, 1.807) is 0 Å². The molecule has 0 fully saturated rings. The molecule has 21 heavy (non-hydrogen) atoms. The van der Waals surface area contributed by atoms with E-state index in [9.17, 15) is 10.5 Å². The molecule has 0 aliphatic heterocycles. The minimum atomic E-state index is -0.446. The van der Waals surface area contributed by atoms with E-state index in [1.807, 2.05) is 54.6 Å². The Morgan fingerprint density at radius 2 is 1.10 bits per heavy atom. The van der Waals surface area contributed by atoms with Crippen LogP contribution in [0.4, 0.5) is 0 Å². The van der Waals surface area contributed by atoms with Gasteiger partial charge in [-0.25, -0.2) is 0 Å². The van der Waals surface area contributed by atoms with Crippen molar-refractivity contribution in [3.8, 4) is 12.1 Å². The molecule has 0 bridgehead atoms. The topological polar surface area (TPSA) is 47.6 Å². The highest BCUT2D eigenvalue weighted by Gasteiger charge is 2.24. The summed E-state index contributed by atoms with van der Waals surface area (Å²) in [6.45, 7) is 4.28. The zero-order valence-corrected chi connectivity index (χ0v) is 12.3. The third-order valence-electron chi connectivity index (χ3n) is 3.73. The fraction of sp³-hybridized carbons (Fsp3) is 0.263. The maximum absolute atomic E-state index is 9.52. The van der Waals surface area contributed by atoms with Crippen LogP contribution in [0.5, 0.6) is 0 Å². The van der Waals surface area contributed by atoms with Gasteiger partial charge >= 0.3 is 0 Å². The average Bonchev–Trinajstić information content (AvgIpc) is 2.53. The molecule has 0 aliphatic carbocycles. The lowest BCUT2D eigenvalue weighted by atomic mass is 9.83. The van der Waals surface area contributed by atoms with Gasteiger partial charge in [-0.1, -0.05) is 68.4 Å². The van der Waals surface area contributed by atoms with Gasteiger partial charge in [-0.2, -0.15) is 10.5 Å². The largest absolute Gasteiger partial charge is 0.198 e. The Balaban J connectivity index is 2.35. The summed E-state index contributed by atoms with van der Waals surface area (Å²) in [7, 11) is 0. The maximum atomic E-state index is 9.52. The van der Waals surface area contributed by atoms with E-state index >= 15 is 0 Å². The quantitative estimate of drug-likeness (QED) is 0.809. The summed E-state index contributed by atoms with van der Waals surface area (Å²) in [6.07, 6.45) is 0. The maximum Gasteiger partial charge on any atom is 0.0911 e. The Labute approximate surface area is 126 Å². The van der Waals surface area contributed by atoms with E-state index in [0.29, 0.717) is 5.92 Å². The number of nitriles is 2. The number of rotatable bonds is 4. The molecule has 2 rings (SSSR count). The highest BCUT2D eigenvalue weighted by atomic mass is 14.4. The first-order valence-electron chi connectivity index (χ1n) is 7.11. The summed E-state index contributed by atoms with van der Waals surface area (Å²) < 4.78 is 0. The summed E-state index contributed by atoms with van der Waals surface area (Å²) in [6, 6.07) is 22.1. The lowest BCUT2D eigenvalue weighted by Gasteiger charge is -2.17. The molecule has 2 atom stereocenters. The minimum absolute atomic E-state index is 0.443. The average molecular weight is 274 g/mol. The summed E-state index contributed by atoms with van der Waals surface area (Å²) in [4.78, 5) is 0. The Hall–Kier alpha value is -2.58. The van der Waals surface area contributed by atoms with Crippen molar-refractivity contribution >= 4 is 0 Å². The molecule has 0 spiro atoms. The molecule has 2 aromatic carbocycles. The van der Waals surface area contributed by atoms with Crippen molar-refractivity contribution in [3.63, 3.8) is 0 Å². The lowest BCUT2D eigenvalue weighted by Crippen LogP contribution is -2.08. The molecule has 0 unspecified atom stereocenters. The third-order valence-corrected chi connectivity index (χ3v) is 3.73. The van der Waals surface area contributed by atoms with Crippen LogP contribution in [-0.2, 0) is 0 Å². The van der Waals surface area contributed by atoms with Gasteiger partial charge in [0.25, 0.3) is 0 Å². The first-order valence-corrected chi connectivity index (χ1v) is 7.11. The Kier molecular flexibility index (Phi) is 4.75.